The molecule has 5 nitrogen and oxygen atoms in total. The van der Waals surface area contributed by atoms with Gasteiger partial charge in [-0.1, -0.05) is 17.7 Å². The first-order valence-corrected chi connectivity index (χ1v) is 9.50. The summed E-state index contributed by atoms with van der Waals surface area (Å²) in [6.07, 6.45) is 1.55. The largest absolute Gasteiger partial charge is 0.377 e. The maximum absolute atomic E-state index is 13.0. The minimum absolute atomic E-state index is 0.00283. The van der Waals surface area contributed by atoms with Crippen LogP contribution in [-0.4, -0.2) is 31.0 Å². The molecule has 0 bridgehead atoms. The average molecular weight is 465 g/mol. The Bertz CT molecular complexity index is 973. The van der Waals surface area contributed by atoms with Crippen molar-refractivity contribution in [2.24, 2.45) is 0 Å². The van der Waals surface area contributed by atoms with Crippen LogP contribution in [0.15, 0.2) is 52.5 Å². The van der Waals surface area contributed by atoms with E-state index in [4.69, 9.17) is 23.8 Å². The minimum Gasteiger partial charge on any atom is -0.377 e. The topological polar surface area (TPSA) is 52.7 Å². The van der Waals surface area contributed by atoms with Gasteiger partial charge in [0.25, 0.3) is 11.8 Å². The van der Waals surface area contributed by atoms with Crippen molar-refractivity contribution in [1.82, 2.24) is 5.32 Å². The summed E-state index contributed by atoms with van der Waals surface area (Å²) in [5.41, 5.74) is 2.24. The number of rotatable bonds is 3. The van der Waals surface area contributed by atoms with Crippen LogP contribution >= 0.6 is 39.7 Å². The number of hydrogen-bond donors (Lipinski definition) is 1. The molecule has 1 N–H and O–H groups in total. The summed E-state index contributed by atoms with van der Waals surface area (Å²) in [6.45, 7) is 0. The predicted octanol–water partition coefficient (Wildman–Crippen LogP) is 4.00. The van der Waals surface area contributed by atoms with Crippen molar-refractivity contribution in [3.63, 3.8) is 0 Å². The maximum atomic E-state index is 13.0. The lowest BCUT2D eigenvalue weighted by Gasteiger charge is -2.29. The van der Waals surface area contributed by atoms with Crippen LogP contribution in [0.3, 0.4) is 0 Å². The zero-order valence-electron chi connectivity index (χ0n) is 14.5. The van der Waals surface area contributed by atoms with Gasteiger partial charge in [0.05, 0.1) is 11.4 Å². The molecular formula is C19H15BrClN3O2S. The van der Waals surface area contributed by atoms with Crippen molar-refractivity contribution in [1.29, 1.82) is 0 Å². The van der Waals surface area contributed by atoms with Gasteiger partial charge >= 0.3 is 0 Å². The van der Waals surface area contributed by atoms with Gasteiger partial charge in [0.1, 0.15) is 5.57 Å². The Kier molecular flexibility index (Phi) is 5.64. The van der Waals surface area contributed by atoms with Crippen molar-refractivity contribution >= 4 is 74.1 Å². The van der Waals surface area contributed by atoms with Crippen molar-refractivity contribution in [2.45, 2.75) is 0 Å². The molecule has 2 aromatic carbocycles. The average Bonchev–Trinajstić information content (AvgIpc) is 2.60. The van der Waals surface area contributed by atoms with E-state index in [1.807, 2.05) is 37.2 Å². The molecule has 138 valence electrons. The van der Waals surface area contributed by atoms with E-state index in [1.165, 1.54) is 4.90 Å². The van der Waals surface area contributed by atoms with Gasteiger partial charge in [-0.2, -0.15) is 0 Å². The van der Waals surface area contributed by atoms with Crippen LogP contribution < -0.4 is 15.1 Å². The molecule has 27 heavy (non-hydrogen) atoms. The van der Waals surface area contributed by atoms with Crippen LogP contribution in [-0.2, 0) is 9.59 Å². The summed E-state index contributed by atoms with van der Waals surface area (Å²) in [6, 6.07) is 12.3. The fraction of sp³-hybridized carbons (Fsp3) is 0.105. The van der Waals surface area contributed by atoms with Gasteiger partial charge in [0.2, 0.25) is 0 Å². The Morgan fingerprint density at radius 1 is 1.15 bits per heavy atom. The molecule has 2 aromatic rings. The van der Waals surface area contributed by atoms with E-state index in [0.29, 0.717) is 10.7 Å². The number of benzene rings is 2. The summed E-state index contributed by atoms with van der Waals surface area (Å²) in [7, 11) is 3.86. The molecule has 2 amide bonds. The highest BCUT2D eigenvalue weighted by Crippen LogP contribution is 2.28. The van der Waals surface area contributed by atoms with E-state index in [9.17, 15) is 9.59 Å². The number of hydrogen-bond acceptors (Lipinski definition) is 4. The molecule has 0 spiro atoms. The van der Waals surface area contributed by atoms with E-state index < -0.39 is 11.8 Å². The lowest BCUT2D eigenvalue weighted by Crippen LogP contribution is -2.54. The van der Waals surface area contributed by atoms with Crippen LogP contribution in [0, 0.1) is 0 Å². The zero-order chi connectivity index (χ0) is 19.7. The number of carbonyl (C=O) groups excluding carboxylic acids is 2. The lowest BCUT2D eigenvalue weighted by molar-refractivity contribution is -0.122. The highest BCUT2D eigenvalue weighted by atomic mass is 79.9. The Morgan fingerprint density at radius 2 is 1.81 bits per heavy atom. The molecule has 0 aromatic heterocycles. The molecule has 0 radical (unpaired) electrons. The lowest BCUT2D eigenvalue weighted by atomic mass is 10.1. The highest BCUT2D eigenvalue weighted by molar-refractivity contribution is 9.10. The summed E-state index contributed by atoms with van der Waals surface area (Å²) >= 11 is 14.6. The monoisotopic (exact) mass is 463 g/mol. The van der Waals surface area contributed by atoms with Crippen molar-refractivity contribution in [3.05, 3.63) is 63.1 Å². The Hall–Kier alpha value is -2.22. The molecule has 0 atom stereocenters. The number of thiocarbonyl (C=S) groups is 1. The maximum Gasteiger partial charge on any atom is 0.270 e. The Labute approximate surface area is 175 Å². The van der Waals surface area contributed by atoms with E-state index in [-0.39, 0.29) is 10.7 Å². The van der Waals surface area contributed by atoms with Crippen LogP contribution in [0.5, 0.6) is 0 Å². The van der Waals surface area contributed by atoms with Crippen LogP contribution in [0.25, 0.3) is 6.08 Å². The number of nitrogens with one attached hydrogen (secondary N) is 1. The van der Waals surface area contributed by atoms with E-state index in [0.717, 1.165) is 15.7 Å². The summed E-state index contributed by atoms with van der Waals surface area (Å²) in [4.78, 5) is 28.5. The van der Waals surface area contributed by atoms with Crippen LogP contribution in [0.4, 0.5) is 11.4 Å². The first-order chi connectivity index (χ1) is 12.8. The second-order valence-electron chi connectivity index (χ2n) is 6.04. The number of amides is 2. The highest BCUT2D eigenvalue weighted by Gasteiger charge is 2.34. The minimum atomic E-state index is -0.525. The van der Waals surface area contributed by atoms with Crippen LogP contribution in [0.1, 0.15) is 5.56 Å². The first kappa shape index (κ1) is 19.5. The van der Waals surface area contributed by atoms with Crippen molar-refractivity contribution in [2.75, 3.05) is 23.9 Å². The van der Waals surface area contributed by atoms with Crippen molar-refractivity contribution in [3.8, 4) is 0 Å². The van der Waals surface area contributed by atoms with Crippen molar-refractivity contribution < 1.29 is 9.59 Å². The summed E-state index contributed by atoms with van der Waals surface area (Å²) < 4.78 is 0.857. The number of carbonyl (C=O) groups is 2. The first-order valence-electron chi connectivity index (χ1n) is 7.92. The predicted molar refractivity (Wildman–Crippen MR) is 116 cm³/mol. The van der Waals surface area contributed by atoms with Gasteiger partial charge in [0.15, 0.2) is 5.11 Å². The van der Waals surface area contributed by atoms with Gasteiger partial charge in [-0.05, 0) is 76.2 Å². The molecule has 8 heteroatoms. The molecule has 1 saturated heterocycles. The van der Waals surface area contributed by atoms with Gasteiger partial charge in [-0.25, -0.2) is 0 Å². The normalized spacial score (nSPS) is 15.9. The van der Waals surface area contributed by atoms with E-state index in [2.05, 4.69) is 21.2 Å². The summed E-state index contributed by atoms with van der Waals surface area (Å²) in [5.74, 6) is -1.01. The third-order valence-corrected chi connectivity index (χ3v) is 5.12. The third kappa shape index (κ3) is 4.05. The second-order valence-corrected chi connectivity index (χ2v) is 7.72. The zero-order valence-corrected chi connectivity index (χ0v) is 17.7. The van der Waals surface area contributed by atoms with Gasteiger partial charge < -0.3 is 4.90 Å². The molecular weight excluding hydrogens is 450 g/mol. The number of nitrogens with zero attached hydrogens (tertiary/aromatic N) is 2. The fourth-order valence-electron chi connectivity index (χ4n) is 2.62. The molecule has 3 rings (SSSR count). The number of anilines is 2. The number of halogens is 2. The van der Waals surface area contributed by atoms with Crippen LogP contribution in [0.2, 0.25) is 5.02 Å². The summed E-state index contributed by atoms with van der Waals surface area (Å²) in [5, 5.41) is 3.14. The molecule has 0 aliphatic carbocycles. The standard InChI is InChI=1S/C19H15BrClN3O2S/c1-23(2)16-8-3-11(10-15(16)20)9-14-17(25)22-19(27)24(18(14)26)13-6-4-12(21)5-7-13/h3-10H,1-2H3,(H,22,25,27)/b14-9-. The SMILES string of the molecule is CN(C)c1ccc(/C=C2/C(=O)NC(=S)N(c3ccc(Cl)cc3)C2=O)cc1Br. The molecule has 1 aliphatic heterocycles. The van der Waals surface area contributed by atoms with Gasteiger partial charge in [-0.15, -0.1) is 0 Å². The smallest absolute Gasteiger partial charge is 0.270 e. The fourth-order valence-corrected chi connectivity index (χ4v) is 3.78. The van der Waals surface area contributed by atoms with Gasteiger partial charge in [0, 0.05) is 23.6 Å². The Balaban J connectivity index is 1.99. The van der Waals surface area contributed by atoms with E-state index in [1.54, 1.807) is 30.3 Å². The quantitative estimate of drug-likeness (QED) is 0.424. The Morgan fingerprint density at radius 3 is 2.41 bits per heavy atom. The molecule has 0 saturated carbocycles. The van der Waals surface area contributed by atoms with Gasteiger partial charge in [-0.3, -0.25) is 19.8 Å². The molecule has 1 fully saturated rings. The second kappa shape index (κ2) is 7.80. The van der Waals surface area contributed by atoms with E-state index >= 15 is 0 Å². The molecule has 1 heterocycles. The third-order valence-electron chi connectivity index (χ3n) is 3.95. The molecule has 0 unspecified atom stereocenters. The molecule has 1 aliphatic rings.